The van der Waals surface area contributed by atoms with Crippen LogP contribution < -0.4 is 5.32 Å². The summed E-state index contributed by atoms with van der Waals surface area (Å²) in [5.41, 5.74) is 2.41. The molecule has 2 heterocycles. The van der Waals surface area contributed by atoms with Crippen molar-refractivity contribution in [2.45, 2.75) is 6.92 Å². The van der Waals surface area contributed by atoms with Crippen molar-refractivity contribution >= 4 is 22.6 Å². The van der Waals surface area contributed by atoms with E-state index in [0.29, 0.717) is 33.4 Å². The summed E-state index contributed by atoms with van der Waals surface area (Å²) in [5.74, 6) is 1.62. The second kappa shape index (κ2) is 7.68. The quantitative estimate of drug-likeness (QED) is 0.393. The van der Waals surface area contributed by atoms with Gasteiger partial charge in [0.25, 0.3) is 5.91 Å². The van der Waals surface area contributed by atoms with Gasteiger partial charge < -0.3 is 14.8 Å². The van der Waals surface area contributed by atoms with E-state index < -0.39 is 5.82 Å². The maximum Gasteiger partial charge on any atom is 0.252 e. The largest absolute Gasteiger partial charge is 0.360 e. The van der Waals surface area contributed by atoms with E-state index in [0.717, 1.165) is 0 Å². The molecule has 4 aromatic rings. The number of aromatic nitrogens is 2. The van der Waals surface area contributed by atoms with E-state index in [-0.39, 0.29) is 29.5 Å². The standard InChI is InChI=1S/C23H16FN3O3/c1-3-9-25-23(29)15-7-8-17-18(12-26-19(17)11-15)22(28)20-13(2)30-27-21(20)14-5-4-6-16(24)10-14/h1,4-8,10-12,26H,9H2,2H3,(H,25,29). The molecular weight excluding hydrogens is 385 g/mol. The highest BCUT2D eigenvalue weighted by Gasteiger charge is 2.25. The van der Waals surface area contributed by atoms with Crippen LogP contribution in [0.15, 0.2) is 53.2 Å². The van der Waals surface area contributed by atoms with Crippen LogP contribution in [0.3, 0.4) is 0 Å². The van der Waals surface area contributed by atoms with E-state index in [1.165, 1.54) is 12.1 Å². The minimum atomic E-state index is -0.436. The Morgan fingerprint density at radius 1 is 1.27 bits per heavy atom. The number of carbonyl (C=O) groups excluding carboxylic acids is 2. The van der Waals surface area contributed by atoms with Gasteiger partial charge in [-0.3, -0.25) is 9.59 Å². The number of fused-ring (bicyclic) bond motifs is 1. The van der Waals surface area contributed by atoms with Gasteiger partial charge >= 0.3 is 0 Å². The Kier molecular flexibility index (Phi) is 4.90. The third kappa shape index (κ3) is 3.35. The third-order valence-electron chi connectivity index (χ3n) is 4.73. The molecule has 2 N–H and O–H groups in total. The second-order valence-electron chi connectivity index (χ2n) is 6.65. The minimum Gasteiger partial charge on any atom is -0.360 e. The third-order valence-corrected chi connectivity index (χ3v) is 4.73. The molecule has 0 saturated carbocycles. The van der Waals surface area contributed by atoms with Crippen LogP contribution in [0.2, 0.25) is 0 Å². The fraction of sp³-hybridized carbons (Fsp3) is 0.0870. The Morgan fingerprint density at radius 2 is 2.10 bits per heavy atom. The highest BCUT2D eigenvalue weighted by atomic mass is 19.1. The first kappa shape index (κ1) is 19.2. The van der Waals surface area contributed by atoms with Gasteiger partial charge in [0.1, 0.15) is 17.3 Å². The Bertz CT molecular complexity index is 1330. The summed E-state index contributed by atoms with van der Waals surface area (Å²) in [5, 5.41) is 7.20. The van der Waals surface area contributed by atoms with Crippen LogP contribution >= 0.6 is 0 Å². The number of carbonyl (C=O) groups is 2. The molecule has 0 fully saturated rings. The molecule has 2 aromatic carbocycles. The summed E-state index contributed by atoms with van der Waals surface area (Å²) in [6.07, 6.45) is 6.73. The second-order valence-corrected chi connectivity index (χ2v) is 6.65. The van der Waals surface area contributed by atoms with Gasteiger partial charge in [0.2, 0.25) is 5.78 Å². The summed E-state index contributed by atoms with van der Waals surface area (Å²) >= 11 is 0. The first-order valence-corrected chi connectivity index (χ1v) is 9.09. The number of aryl methyl sites for hydroxylation is 1. The minimum absolute atomic E-state index is 0.126. The molecule has 0 radical (unpaired) electrons. The number of benzene rings is 2. The molecular formula is C23H16FN3O3. The van der Waals surface area contributed by atoms with Crippen molar-refractivity contribution in [3.63, 3.8) is 0 Å². The fourth-order valence-corrected chi connectivity index (χ4v) is 3.30. The van der Waals surface area contributed by atoms with Crippen LogP contribution in [-0.2, 0) is 0 Å². The number of amides is 1. The number of aromatic amines is 1. The topological polar surface area (TPSA) is 88.0 Å². The van der Waals surface area contributed by atoms with Crippen LogP contribution in [0.5, 0.6) is 0 Å². The smallest absolute Gasteiger partial charge is 0.252 e. The summed E-state index contributed by atoms with van der Waals surface area (Å²) < 4.78 is 18.9. The molecule has 148 valence electrons. The zero-order valence-corrected chi connectivity index (χ0v) is 16.0. The first-order chi connectivity index (χ1) is 14.5. The van der Waals surface area contributed by atoms with Gasteiger partial charge in [0, 0.05) is 33.8 Å². The molecule has 0 aliphatic heterocycles. The van der Waals surface area contributed by atoms with Crippen LogP contribution in [0.4, 0.5) is 4.39 Å². The molecule has 4 rings (SSSR count). The van der Waals surface area contributed by atoms with Crippen LogP contribution in [0.25, 0.3) is 22.2 Å². The average molecular weight is 401 g/mol. The van der Waals surface area contributed by atoms with E-state index in [2.05, 4.69) is 21.4 Å². The lowest BCUT2D eigenvalue weighted by Gasteiger charge is -2.04. The number of terminal acetylenes is 1. The number of nitrogens with one attached hydrogen (secondary N) is 2. The lowest BCUT2D eigenvalue weighted by molar-refractivity contribution is 0.0958. The molecule has 6 nitrogen and oxygen atoms in total. The van der Waals surface area contributed by atoms with E-state index in [9.17, 15) is 14.0 Å². The predicted molar refractivity (Wildman–Crippen MR) is 110 cm³/mol. The Hall–Kier alpha value is -4.18. The number of halogens is 1. The fourth-order valence-electron chi connectivity index (χ4n) is 3.30. The summed E-state index contributed by atoms with van der Waals surface area (Å²) in [7, 11) is 0. The average Bonchev–Trinajstić information content (AvgIpc) is 3.34. The Labute approximate surface area is 171 Å². The predicted octanol–water partition coefficient (Wildman–Crippen LogP) is 3.86. The van der Waals surface area contributed by atoms with Gasteiger partial charge in [-0.1, -0.05) is 29.3 Å². The zero-order valence-electron chi connectivity index (χ0n) is 16.0. The molecule has 0 saturated heterocycles. The molecule has 7 heteroatoms. The summed E-state index contributed by atoms with van der Waals surface area (Å²) in [6, 6.07) is 10.8. The maximum absolute atomic E-state index is 13.7. The number of H-pyrrole nitrogens is 1. The van der Waals surface area contributed by atoms with Crippen molar-refractivity contribution < 1.29 is 18.5 Å². The van der Waals surface area contributed by atoms with Gasteiger partial charge in [-0.05, 0) is 31.2 Å². The van der Waals surface area contributed by atoms with Crippen LogP contribution in [0.1, 0.15) is 32.0 Å². The lowest BCUT2D eigenvalue weighted by atomic mass is 9.97. The normalized spacial score (nSPS) is 10.7. The van der Waals surface area contributed by atoms with E-state index in [1.54, 1.807) is 43.5 Å². The van der Waals surface area contributed by atoms with Crippen molar-refractivity contribution in [2.75, 3.05) is 6.54 Å². The Balaban J connectivity index is 1.74. The molecule has 0 aliphatic rings. The Morgan fingerprint density at radius 3 is 2.87 bits per heavy atom. The zero-order chi connectivity index (χ0) is 21.3. The number of nitrogens with zero attached hydrogens (tertiary/aromatic N) is 1. The van der Waals surface area contributed by atoms with E-state index in [4.69, 9.17) is 10.9 Å². The molecule has 0 aliphatic carbocycles. The van der Waals surface area contributed by atoms with E-state index >= 15 is 0 Å². The molecule has 2 aromatic heterocycles. The van der Waals surface area contributed by atoms with Crippen LogP contribution in [0, 0.1) is 25.1 Å². The van der Waals surface area contributed by atoms with Crippen molar-refractivity contribution in [1.29, 1.82) is 0 Å². The van der Waals surface area contributed by atoms with Crippen molar-refractivity contribution in [1.82, 2.24) is 15.5 Å². The monoisotopic (exact) mass is 401 g/mol. The SMILES string of the molecule is C#CCNC(=O)c1ccc2c(C(=O)c3c(-c4cccc(F)c4)noc3C)c[nH]c2c1. The summed E-state index contributed by atoms with van der Waals surface area (Å²) in [6.45, 7) is 1.76. The van der Waals surface area contributed by atoms with Crippen molar-refractivity contribution in [3.8, 4) is 23.6 Å². The van der Waals surface area contributed by atoms with Gasteiger partial charge in [-0.2, -0.15) is 0 Å². The van der Waals surface area contributed by atoms with Gasteiger partial charge in [0.05, 0.1) is 12.1 Å². The number of hydrogen-bond acceptors (Lipinski definition) is 4. The van der Waals surface area contributed by atoms with Crippen molar-refractivity contribution in [3.05, 3.63) is 76.9 Å². The van der Waals surface area contributed by atoms with E-state index in [1.807, 2.05) is 0 Å². The maximum atomic E-state index is 13.7. The molecule has 0 spiro atoms. The highest BCUT2D eigenvalue weighted by molar-refractivity contribution is 6.19. The molecule has 30 heavy (non-hydrogen) atoms. The van der Waals surface area contributed by atoms with Gasteiger partial charge in [-0.15, -0.1) is 6.42 Å². The lowest BCUT2D eigenvalue weighted by Crippen LogP contribution is -2.23. The van der Waals surface area contributed by atoms with Gasteiger partial charge in [0.15, 0.2) is 0 Å². The first-order valence-electron chi connectivity index (χ1n) is 9.09. The number of ketones is 1. The van der Waals surface area contributed by atoms with Crippen molar-refractivity contribution in [2.24, 2.45) is 0 Å². The molecule has 0 unspecified atom stereocenters. The number of hydrogen-bond donors (Lipinski definition) is 2. The summed E-state index contributed by atoms with van der Waals surface area (Å²) in [4.78, 5) is 28.5. The van der Waals surface area contributed by atoms with Gasteiger partial charge in [-0.25, -0.2) is 4.39 Å². The van der Waals surface area contributed by atoms with Crippen LogP contribution in [-0.4, -0.2) is 28.4 Å². The molecule has 1 amide bonds. The molecule has 0 atom stereocenters. The number of rotatable bonds is 5. The molecule has 0 bridgehead atoms. The highest BCUT2D eigenvalue weighted by Crippen LogP contribution is 2.30.